The van der Waals surface area contributed by atoms with Crippen LogP contribution in [0.2, 0.25) is 0 Å². The molecule has 0 saturated carbocycles. The Morgan fingerprint density at radius 2 is 1.78 bits per heavy atom. The zero-order chi connectivity index (χ0) is 18.6. The highest BCUT2D eigenvalue weighted by molar-refractivity contribution is 14.0. The van der Waals surface area contributed by atoms with Gasteiger partial charge < -0.3 is 20.7 Å². The van der Waals surface area contributed by atoms with E-state index in [1.807, 2.05) is 0 Å². The number of methoxy groups -OCH3 is 1. The monoisotopic (exact) mass is 486 g/mol. The number of ether oxygens (including phenoxy) is 1. The summed E-state index contributed by atoms with van der Waals surface area (Å²) in [4.78, 5) is 16.3. The Morgan fingerprint density at radius 3 is 2.41 bits per heavy atom. The van der Waals surface area contributed by atoms with Crippen LogP contribution >= 0.6 is 24.0 Å². The van der Waals surface area contributed by atoms with Crippen molar-refractivity contribution in [2.45, 2.75) is 32.1 Å². The number of halogens is 1. The summed E-state index contributed by atoms with van der Waals surface area (Å²) in [6.45, 7) is 2.02. The van der Waals surface area contributed by atoms with Gasteiger partial charge in [-0.2, -0.15) is 0 Å². The van der Waals surface area contributed by atoms with Crippen molar-refractivity contribution >= 4 is 35.8 Å². The lowest BCUT2D eigenvalue weighted by Gasteiger charge is -2.15. The summed E-state index contributed by atoms with van der Waals surface area (Å²) in [7, 11) is 3.36. The molecule has 7 heteroatoms. The van der Waals surface area contributed by atoms with Crippen LogP contribution in [-0.2, 0) is 0 Å². The van der Waals surface area contributed by atoms with E-state index in [1.54, 1.807) is 44.0 Å². The van der Waals surface area contributed by atoms with E-state index in [1.165, 1.54) is 25.7 Å². The van der Waals surface area contributed by atoms with Crippen molar-refractivity contribution in [1.82, 2.24) is 16.0 Å². The Hall–Kier alpha value is -1.77. The van der Waals surface area contributed by atoms with Gasteiger partial charge in [0.1, 0.15) is 5.75 Å². The smallest absolute Gasteiger partial charge is 0.251 e. The minimum Gasteiger partial charge on any atom is -0.497 e. The average molecular weight is 486 g/mol. The topological polar surface area (TPSA) is 74.8 Å². The van der Waals surface area contributed by atoms with Crippen LogP contribution in [0.4, 0.5) is 0 Å². The van der Waals surface area contributed by atoms with E-state index < -0.39 is 0 Å². The number of hydrogen-bond acceptors (Lipinski definition) is 3. The van der Waals surface area contributed by atoms with Gasteiger partial charge in [0.2, 0.25) is 0 Å². The lowest BCUT2D eigenvalue weighted by Crippen LogP contribution is -2.41. The molecule has 1 aliphatic carbocycles. The molecular weight excluding hydrogens is 455 g/mol. The fraction of sp³-hybridized carbons (Fsp3) is 0.500. The molecule has 0 spiro atoms. The molecule has 0 saturated heterocycles. The maximum absolute atomic E-state index is 12.1. The number of nitrogens with one attached hydrogen (secondary N) is 3. The summed E-state index contributed by atoms with van der Waals surface area (Å²) < 4.78 is 5.09. The zero-order valence-corrected chi connectivity index (χ0v) is 18.5. The van der Waals surface area contributed by atoms with Gasteiger partial charge in [-0.25, -0.2) is 0 Å². The maximum Gasteiger partial charge on any atom is 0.251 e. The Balaban J connectivity index is 0.00000364. The Morgan fingerprint density at radius 1 is 1.07 bits per heavy atom. The van der Waals surface area contributed by atoms with E-state index in [0.717, 1.165) is 24.7 Å². The third kappa shape index (κ3) is 8.64. The maximum atomic E-state index is 12.1. The zero-order valence-electron chi connectivity index (χ0n) is 16.2. The van der Waals surface area contributed by atoms with Gasteiger partial charge in [0.25, 0.3) is 5.91 Å². The largest absolute Gasteiger partial charge is 0.497 e. The van der Waals surface area contributed by atoms with Gasteiger partial charge in [0, 0.05) is 32.2 Å². The van der Waals surface area contributed by atoms with E-state index in [0.29, 0.717) is 18.7 Å². The van der Waals surface area contributed by atoms with E-state index in [2.05, 4.69) is 27.0 Å². The molecule has 3 N–H and O–H groups in total. The molecule has 0 bridgehead atoms. The van der Waals surface area contributed by atoms with Gasteiger partial charge in [-0.05, 0) is 56.4 Å². The number of amides is 1. The Labute approximate surface area is 179 Å². The van der Waals surface area contributed by atoms with Crippen molar-refractivity contribution in [2.24, 2.45) is 4.99 Å². The third-order valence-electron chi connectivity index (χ3n) is 4.40. The highest BCUT2D eigenvalue weighted by Crippen LogP contribution is 2.19. The molecule has 1 aromatic rings. The number of aliphatic imine (C=N–C) groups is 1. The summed E-state index contributed by atoms with van der Waals surface area (Å²) in [5.74, 6) is 1.41. The number of rotatable bonds is 8. The predicted molar refractivity (Wildman–Crippen MR) is 121 cm³/mol. The highest BCUT2D eigenvalue weighted by Gasteiger charge is 2.06. The third-order valence-corrected chi connectivity index (χ3v) is 4.40. The molecular formula is C20H31IN4O2. The lowest BCUT2D eigenvalue weighted by atomic mass is 9.97. The van der Waals surface area contributed by atoms with E-state index in [4.69, 9.17) is 4.74 Å². The van der Waals surface area contributed by atoms with Gasteiger partial charge >= 0.3 is 0 Å². The number of hydrogen-bond donors (Lipinski definition) is 3. The molecule has 1 amide bonds. The second-order valence-corrected chi connectivity index (χ2v) is 6.27. The van der Waals surface area contributed by atoms with Crippen LogP contribution in [0, 0.1) is 0 Å². The Bertz CT molecular complexity index is 629. The lowest BCUT2D eigenvalue weighted by molar-refractivity contribution is 0.0954. The van der Waals surface area contributed by atoms with Crippen LogP contribution in [0.15, 0.2) is 40.9 Å². The van der Waals surface area contributed by atoms with Crippen molar-refractivity contribution < 1.29 is 9.53 Å². The second-order valence-electron chi connectivity index (χ2n) is 6.27. The SMILES string of the molecule is CN=C(NCCNC(=O)c1ccc(OC)cc1)NCCC1=CCCCC1.I. The normalized spacial score (nSPS) is 13.9. The molecule has 150 valence electrons. The molecule has 2 rings (SSSR count). The van der Waals surface area contributed by atoms with Crippen LogP contribution in [-0.4, -0.2) is 45.7 Å². The number of allylic oxidation sites excluding steroid dienone is 1. The van der Waals surface area contributed by atoms with Crippen LogP contribution in [0.5, 0.6) is 5.75 Å². The summed E-state index contributed by atoms with van der Waals surface area (Å²) in [6, 6.07) is 7.06. The van der Waals surface area contributed by atoms with Gasteiger partial charge in [-0.3, -0.25) is 9.79 Å². The molecule has 1 aromatic carbocycles. The number of benzene rings is 1. The standard InChI is InChI=1S/C20H30N4O2.HI/c1-21-20(23-13-12-16-6-4-3-5-7-16)24-15-14-22-19(25)17-8-10-18(26-2)11-9-17;/h6,8-11H,3-5,7,12-15H2,1-2H3,(H,22,25)(H2,21,23,24);1H. The fourth-order valence-electron chi connectivity index (χ4n) is 2.90. The molecule has 1 aliphatic rings. The Kier molecular flexibility index (Phi) is 11.6. The number of guanidine groups is 1. The summed E-state index contributed by atoms with van der Waals surface area (Å²) in [5, 5.41) is 9.43. The van der Waals surface area contributed by atoms with Gasteiger partial charge in [-0.15, -0.1) is 24.0 Å². The van der Waals surface area contributed by atoms with E-state index in [9.17, 15) is 4.79 Å². The van der Waals surface area contributed by atoms with Crippen molar-refractivity contribution in [3.8, 4) is 5.75 Å². The minimum absolute atomic E-state index is 0. The first-order valence-corrected chi connectivity index (χ1v) is 9.27. The van der Waals surface area contributed by atoms with Crippen LogP contribution in [0.3, 0.4) is 0 Å². The van der Waals surface area contributed by atoms with Crippen LogP contribution in [0.1, 0.15) is 42.5 Å². The highest BCUT2D eigenvalue weighted by atomic mass is 127. The molecule has 0 fully saturated rings. The molecule has 0 heterocycles. The van der Waals surface area contributed by atoms with Crippen molar-refractivity contribution in [3.63, 3.8) is 0 Å². The number of carbonyl (C=O) groups excluding carboxylic acids is 1. The number of nitrogens with zero attached hydrogens (tertiary/aromatic N) is 1. The van der Waals surface area contributed by atoms with E-state index in [-0.39, 0.29) is 29.9 Å². The van der Waals surface area contributed by atoms with Crippen molar-refractivity contribution in [2.75, 3.05) is 33.8 Å². The fourth-order valence-corrected chi connectivity index (χ4v) is 2.90. The van der Waals surface area contributed by atoms with Crippen LogP contribution < -0.4 is 20.7 Å². The summed E-state index contributed by atoms with van der Waals surface area (Å²) in [5.41, 5.74) is 2.17. The first kappa shape index (κ1) is 23.3. The first-order chi connectivity index (χ1) is 12.7. The molecule has 0 unspecified atom stereocenters. The van der Waals surface area contributed by atoms with E-state index >= 15 is 0 Å². The molecule has 0 atom stereocenters. The van der Waals surface area contributed by atoms with Gasteiger partial charge in [0.05, 0.1) is 7.11 Å². The molecule has 27 heavy (non-hydrogen) atoms. The number of carbonyl (C=O) groups is 1. The van der Waals surface area contributed by atoms with Gasteiger partial charge in [0.15, 0.2) is 5.96 Å². The van der Waals surface area contributed by atoms with Crippen molar-refractivity contribution in [3.05, 3.63) is 41.5 Å². The summed E-state index contributed by atoms with van der Waals surface area (Å²) >= 11 is 0. The van der Waals surface area contributed by atoms with Crippen molar-refractivity contribution in [1.29, 1.82) is 0 Å². The minimum atomic E-state index is -0.0957. The first-order valence-electron chi connectivity index (χ1n) is 9.27. The molecule has 0 aliphatic heterocycles. The molecule has 0 radical (unpaired) electrons. The quantitative estimate of drug-likeness (QED) is 0.174. The second kappa shape index (κ2) is 13.4. The van der Waals surface area contributed by atoms with Crippen LogP contribution in [0.25, 0.3) is 0 Å². The van der Waals surface area contributed by atoms with Gasteiger partial charge in [-0.1, -0.05) is 11.6 Å². The summed E-state index contributed by atoms with van der Waals surface area (Å²) in [6.07, 6.45) is 8.52. The average Bonchev–Trinajstić information content (AvgIpc) is 2.70. The molecule has 6 nitrogen and oxygen atoms in total. The molecule has 0 aromatic heterocycles. The predicted octanol–water partition coefficient (Wildman–Crippen LogP) is 3.10.